The highest BCUT2D eigenvalue weighted by Crippen LogP contribution is 2.26. The molecule has 0 N–H and O–H groups in total. The number of carbonyl (C=O) groups excluding carboxylic acids is 1. The van der Waals surface area contributed by atoms with E-state index in [0.717, 1.165) is 33.5 Å². The van der Waals surface area contributed by atoms with Gasteiger partial charge < -0.3 is 14.1 Å². The number of carbonyl (C=O) groups is 1. The van der Waals surface area contributed by atoms with Gasteiger partial charge in [0.2, 0.25) is 5.91 Å². The molecule has 6 heteroatoms. The van der Waals surface area contributed by atoms with Gasteiger partial charge >= 0.3 is 0 Å². The third kappa shape index (κ3) is 5.01. The molecule has 0 atom stereocenters. The number of aryl methyl sites for hydroxylation is 1. The van der Waals surface area contributed by atoms with Crippen LogP contribution in [0.25, 0.3) is 10.6 Å². The van der Waals surface area contributed by atoms with E-state index in [0.29, 0.717) is 13.2 Å². The van der Waals surface area contributed by atoms with Crippen molar-refractivity contribution >= 4 is 17.2 Å². The van der Waals surface area contributed by atoms with Gasteiger partial charge in [0.05, 0.1) is 25.3 Å². The summed E-state index contributed by atoms with van der Waals surface area (Å²) in [7, 11) is 0. The number of rotatable bonds is 8. The lowest BCUT2D eigenvalue weighted by Gasteiger charge is -2.25. The van der Waals surface area contributed by atoms with E-state index in [1.165, 1.54) is 0 Å². The zero-order valence-corrected chi connectivity index (χ0v) is 17.6. The molecule has 0 radical (unpaired) electrons. The van der Waals surface area contributed by atoms with Crippen molar-refractivity contribution in [1.82, 2.24) is 9.88 Å². The monoisotopic (exact) mass is 398 g/mol. The molecule has 2 heterocycles. The summed E-state index contributed by atoms with van der Waals surface area (Å²) in [6, 6.07) is 11.8. The Balaban J connectivity index is 1.67. The molecule has 5 nitrogen and oxygen atoms in total. The topological polar surface area (TPSA) is 55.6 Å². The van der Waals surface area contributed by atoms with Gasteiger partial charge in [0.1, 0.15) is 22.3 Å². The average Bonchev–Trinajstić information content (AvgIpc) is 3.29. The highest BCUT2D eigenvalue weighted by atomic mass is 32.1. The van der Waals surface area contributed by atoms with E-state index < -0.39 is 0 Å². The summed E-state index contributed by atoms with van der Waals surface area (Å²) in [6.07, 6.45) is 0.283. The predicted octanol–water partition coefficient (Wildman–Crippen LogP) is 5.09. The summed E-state index contributed by atoms with van der Waals surface area (Å²) in [4.78, 5) is 19.3. The van der Waals surface area contributed by atoms with Gasteiger partial charge in [0.25, 0.3) is 0 Å². The molecule has 0 aliphatic carbocycles. The first kappa shape index (κ1) is 20.1. The minimum Gasteiger partial charge on any atom is -0.494 e. The lowest BCUT2D eigenvalue weighted by atomic mass is 10.2. The van der Waals surface area contributed by atoms with E-state index in [1.807, 2.05) is 74.4 Å². The van der Waals surface area contributed by atoms with E-state index in [9.17, 15) is 4.79 Å². The van der Waals surface area contributed by atoms with Gasteiger partial charge in [-0.15, -0.1) is 11.3 Å². The maximum atomic E-state index is 12.9. The molecule has 0 bridgehead atoms. The molecule has 148 valence electrons. The zero-order chi connectivity index (χ0) is 20.1. The quantitative estimate of drug-likeness (QED) is 0.530. The average molecular weight is 399 g/mol. The number of thiazole rings is 1. The minimum atomic E-state index is 0.0487. The lowest BCUT2D eigenvalue weighted by Crippen LogP contribution is -2.37. The Kier molecular flexibility index (Phi) is 6.52. The van der Waals surface area contributed by atoms with E-state index in [4.69, 9.17) is 9.15 Å². The summed E-state index contributed by atoms with van der Waals surface area (Å²) in [5, 5.41) is 2.86. The predicted molar refractivity (Wildman–Crippen MR) is 112 cm³/mol. The molecule has 0 spiro atoms. The summed E-state index contributed by atoms with van der Waals surface area (Å²) < 4.78 is 11.1. The highest BCUT2D eigenvalue weighted by molar-refractivity contribution is 7.13. The number of aromatic nitrogens is 1. The third-order valence-electron chi connectivity index (χ3n) is 4.36. The Bertz CT molecular complexity index is 912. The van der Waals surface area contributed by atoms with Crippen LogP contribution in [0, 0.1) is 6.92 Å². The molecule has 1 aromatic carbocycles. The van der Waals surface area contributed by atoms with Crippen LogP contribution >= 0.6 is 11.3 Å². The fourth-order valence-corrected chi connectivity index (χ4v) is 3.76. The molecule has 0 unspecified atom stereocenters. The minimum absolute atomic E-state index is 0.0487. The Morgan fingerprint density at radius 2 is 1.96 bits per heavy atom. The Morgan fingerprint density at radius 1 is 1.21 bits per heavy atom. The molecule has 0 fully saturated rings. The number of hydrogen-bond acceptors (Lipinski definition) is 5. The first-order valence-electron chi connectivity index (χ1n) is 9.48. The first-order chi connectivity index (χ1) is 13.5. The van der Waals surface area contributed by atoms with Crippen molar-refractivity contribution in [2.45, 2.75) is 46.7 Å². The van der Waals surface area contributed by atoms with Crippen molar-refractivity contribution in [2.75, 3.05) is 6.61 Å². The number of benzene rings is 1. The van der Waals surface area contributed by atoms with Crippen molar-refractivity contribution < 1.29 is 13.9 Å². The molecule has 0 aliphatic rings. The second-order valence-corrected chi connectivity index (χ2v) is 7.76. The van der Waals surface area contributed by atoms with Gasteiger partial charge in [-0.1, -0.05) is 0 Å². The molecule has 0 saturated heterocycles. The van der Waals surface area contributed by atoms with Gasteiger partial charge in [-0.05, 0) is 64.1 Å². The molecule has 1 amide bonds. The van der Waals surface area contributed by atoms with Gasteiger partial charge in [-0.2, -0.15) is 0 Å². The maximum Gasteiger partial charge on any atom is 0.229 e. The summed E-state index contributed by atoms with van der Waals surface area (Å²) in [5.41, 5.74) is 1.82. The van der Waals surface area contributed by atoms with Crippen LogP contribution in [-0.4, -0.2) is 28.4 Å². The summed E-state index contributed by atoms with van der Waals surface area (Å²) in [6.45, 7) is 9.02. The smallest absolute Gasteiger partial charge is 0.229 e. The van der Waals surface area contributed by atoms with E-state index in [1.54, 1.807) is 11.3 Å². The van der Waals surface area contributed by atoms with Gasteiger partial charge in [0, 0.05) is 17.0 Å². The second-order valence-electron chi connectivity index (χ2n) is 6.91. The number of ether oxygens (including phenoxy) is 1. The largest absolute Gasteiger partial charge is 0.494 e. The van der Waals surface area contributed by atoms with E-state index in [2.05, 4.69) is 4.98 Å². The van der Waals surface area contributed by atoms with Crippen LogP contribution in [-0.2, 0) is 17.8 Å². The van der Waals surface area contributed by atoms with Crippen molar-refractivity contribution in [3.63, 3.8) is 0 Å². The standard InChI is InChI=1S/C22H26N2O3S/c1-5-26-19-10-7-17(8-11-19)22-23-18(14-28-22)12-21(25)24(15(2)3)13-20-9-6-16(4)27-20/h6-11,14-15H,5,12-13H2,1-4H3. The third-order valence-corrected chi connectivity index (χ3v) is 5.30. The molecular formula is C22H26N2O3S. The number of furan rings is 1. The Hall–Kier alpha value is -2.60. The van der Waals surface area contributed by atoms with Crippen LogP contribution in [0.3, 0.4) is 0 Å². The van der Waals surface area contributed by atoms with Crippen LogP contribution in [0.1, 0.15) is 38.0 Å². The SMILES string of the molecule is CCOc1ccc(-c2nc(CC(=O)N(Cc3ccc(C)o3)C(C)C)cs2)cc1. The van der Waals surface area contributed by atoms with Gasteiger partial charge in [-0.25, -0.2) is 4.98 Å². The summed E-state index contributed by atoms with van der Waals surface area (Å²) >= 11 is 1.55. The van der Waals surface area contributed by atoms with Gasteiger partial charge in [-0.3, -0.25) is 4.79 Å². The van der Waals surface area contributed by atoms with Crippen molar-refractivity contribution in [1.29, 1.82) is 0 Å². The molecule has 28 heavy (non-hydrogen) atoms. The van der Waals surface area contributed by atoms with Crippen molar-refractivity contribution in [3.8, 4) is 16.3 Å². The molecular weight excluding hydrogens is 372 g/mol. The Labute approximate surface area is 170 Å². The highest BCUT2D eigenvalue weighted by Gasteiger charge is 2.20. The summed E-state index contributed by atoms with van der Waals surface area (Å²) in [5.74, 6) is 2.55. The number of nitrogens with zero attached hydrogens (tertiary/aromatic N) is 2. The van der Waals surface area contributed by atoms with Crippen molar-refractivity contribution in [2.24, 2.45) is 0 Å². The van der Waals surface area contributed by atoms with Crippen LogP contribution in [0.5, 0.6) is 5.75 Å². The number of amides is 1. The fourth-order valence-electron chi connectivity index (χ4n) is 2.93. The maximum absolute atomic E-state index is 12.9. The van der Waals surface area contributed by atoms with Gasteiger partial charge in [0.15, 0.2) is 0 Å². The second kappa shape index (κ2) is 9.06. The molecule has 3 rings (SSSR count). The molecule has 2 aromatic heterocycles. The zero-order valence-electron chi connectivity index (χ0n) is 16.8. The normalized spacial score (nSPS) is 11.0. The van der Waals surface area contributed by atoms with E-state index >= 15 is 0 Å². The molecule has 0 aliphatic heterocycles. The van der Waals surface area contributed by atoms with Crippen LogP contribution in [0.4, 0.5) is 0 Å². The fraction of sp³-hybridized carbons (Fsp3) is 0.364. The molecule has 0 saturated carbocycles. The van der Waals surface area contributed by atoms with Crippen LogP contribution in [0.2, 0.25) is 0 Å². The van der Waals surface area contributed by atoms with Crippen molar-refractivity contribution in [3.05, 3.63) is 59.0 Å². The number of hydrogen-bond donors (Lipinski definition) is 0. The lowest BCUT2D eigenvalue weighted by molar-refractivity contribution is -0.133. The van der Waals surface area contributed by atoms with E-state index in [-0.39, 0.29) is 18.4 Å². The van der Waals surface area contributed by atoms with Crippen LogP contribution in [0.15, 0.2) is 46.2 Å². The molecule has 3 aromatic rings. The van der Waals surface area contributed by atoms with Crippen LogP contribution < -0.4 is 4.74 Å². The first-order valence-corrected chi connectivity index (χ1v) is 10.4. The Morgan fingerprint density at radius 3 is 2.57 bits per heavy atom.